The summed E-state index contributed by atoms with van der Waals surface area (Å²) in [7, 11) is 0. The van der Waals surface area contributed by atoms with Crippen molar-refractivity contribution in [2.75, 3.05) is 4.72 Å². The standard InChI is InChI=1S/C8H11NO2S/c1-6-4-3-5-7(2)8(6)9-12(10)11/h3-5,9H,1-2H3,(H,10,11)/p-1. The first-order chi connectivity index (χ1) is 5.61. The first kappa shape index (κ1) is 9.22. The van der Waals surface area contributed by atoms with Crippen LogP contribution in [0.15, 0.2) is 18.2 Å². The summed E-state index contributed by atoms with van der Waals surface area (Å²) in [4.78, 5) is 0. The van der Waals surface area contributed by atoms with Gasteiger partial charge in [-0.1, -0.05) is 18.2 Å². The Labute approximate surface area is 74.2 Å². The summed E-state index contributed by atoms with van der Waals surface area (Å²) in [5, 5.41) is 0. The third-order valence-electron chi connectivity index (χ3n) is 1.67. The second-order valence-electron chi connectivity index (χ2n) is 2.60. The second kappa shape index (κ2) is 3.69. The minimum absolute atomic E-state index is 0.672. The molecule has 1 N–H and O–H groups in total. The lowest BCUT2D eigenvalue weighted by Crippen LogP contribution is -2.05. The third-order valence-corrected chi connectivity index (χ3v) is 2.04. The largest absolute Gasteiger partial charge is 0.755 e. The quantitative estimate of drug-likeness (QED) is 0.708. The maximum atomic E-state index is 10.4. The van der Waals surface area contributed by atoms with Crippen molar-refractivity contribution < 1.29 is 8.76 Å². The van der Waals surface area contributed by atoms with Crippen LogP contribution >= 0.6 is 0 Å². The highest BCUT2D eigenvalue weighted by Gasteiger charge is 1.99. The first-order valence-electron chi connectivity index (χ1n) is 3.53. The van der Waals surface area contributed by atoms with Crippen molar-refractivity contribution in [1.29, 1.82) is 0 Å². The van der Waals surface area contributed by atoms with E-state index in [0.717, 1.165) is 11.1 Å². The molecule has 0 radical (unpaired) electrons. The van der Waals surface area contributed by atoms with Crippen molar-refractivity contribution >= 4 is 17.0 Å². The first-order valence-corrected chi connectivity index (χ1v) is 4.61. The van der Waals surface area contributed by atoms with E-state index in [0.29, 0.717) is 5.69 Å². The molecule has 0 aliphatic heterocycles. The molecule has 66 valence electrons. The van der Waals surface area contributed by atoms with E-state index in [4.69, 9.17) is 0 Å². The maximum Gasteiger partial charge on any atom is 0.0510 e. The fourth-order valence-electron chi connectivity index (χ4n) is 1.06. The molecule has 0 aliphatic rings. The molecule has 12 heavy (non-hydrogen) atoms. The molecule has 0 spiro atoms. The summed E-state index contributed by atoms with van der Waals surface area (Å²) < 4.78 is 23.1. The van der Waals surface area contributed by atoms with Crippen molar-refractivity contribution in [1.82, 2.24) is 0 Å². The lowest BCUT2D eigenvalue weighted by Gasteiger charge is -2.13. The number of anilines is 1. The smallest absolute Gasteiger partial charge is 0.0510 e. The molecule has 0 fully saturated rings. The Bertz CT molecular complexity index is 292. The summed E-state index contributed by atoms with van der Waals surface area (Å²) in [5.41, 5.74) is 2.53. The molecule has 4 heteroatoms. The zero-order chi connectivity index (χ0) is 9.14. The minimum Gasteiger partial charge on any atom is -0.755 e. The van der Waals surface area contributed by atoms with Crippen LogP contribution in [0.5, 0.6) is 0 Å². The Hall–Kier alpha value is -0.870. The fraction of sp³-hybridized carbons (Fsp3) is 0.250. The van der Waals surface area contributed by atoms with Crippen molar-refractivity contribution in [3.05, 3.63) is 29.3 Å². The van der Waals surface area contributed by atoms with Gasteiger partial charge in [-0.05, 0) is 25.0 Å². The van der Waals surface area contributed by atoms with Crippen LogP contribution in [-0.2, 0) is 11.3 Å². The van der Waals surface area contributed by atoms with Gasteiger partial charge in [-0.3, -0.25) is 4.21 Å². The minimum atomic E-state index is -2.24. The van der Waals surface area contributed by atoms with Gasteiger partial charge in [0.15, 0.2) is 0 Å². The number of nitrogens with one attached hydrogen (secondary N) is 1. The number of hydrogen-bond acceptors (Lipinski definition) is 2. The average Bonchev–Trinajstić information content (AvgIpc) is 1.97. The number of benzene rings is 1. The van der Waals surface area contributed by atoms with Gasteiger partial charge in [0.25, 0.3) is 0 Å². The van der Waals surface area contributed by atoms with Gasteiger partial charge >= 0.3 is 0 Å². The van der Waals surface area contributed by atoms with Gasteiger partial charge in [0.1, 0.15) is 0 Å². The summed E-state index contributed by atoms with van der Waals surface area (Å²) in [6, 6.07) is 5.62. The number of aryl methyl sites for hydroxylation is 2. The molecule has 0 heterocycles. The van der Waals surface area contributed by atoms with E-state index in [1.807, 2.05) is 32.0 Å². The molecule has 1 atom stereocenters. The molecule has 0 saturated heterocycles. The van der Waals surface area contributed by atoms with Crippen molar-refractivity contribution in [3.63, 3.8) is 0 Å². The molecule has 1 aromatic rings. The SMILES string of the molecule is Cc1cccc(C)c1NS(=O)[O-]. The second-order valence-corrected chi connectivity index (χ2v) is 3.28. The maximum absolute atomic E-state index is 10.4. The highest BCUT2D eigenvalue weighted by molar-refractivity contribution is 7.80. The molecule has 0 amide bonds. The predicted octanol–water partition coefficient (Wildman–Crippen LogP) is 1.51. The highest BCUT2D eigenvalue weighted by Crippen LogP contribution is 2.19. The molecule has 3 nitrogen and oxygen atoms in total. The van der Waals surface area contributed by atoms with Crippen LogP contribution in [-0.4, -0.2) is 8.76 Å². The van der Waals surface area contributed by atoms with Crippen LogP contribution in [0.1, 0.15) is 11.1 Å². The van der Waals surface area contributed by atoms with Gasteiger partial charge in [-0.2, -0.15) is 0 Å². The molecule has 1 aromatic carbocycles. The van der Waals surface area contributed by atoms with Crippen LogP contribution in [0.2, 0.25) is 0 Å². The summed E-state index contributed by atoms with van der Waals surface area (Å²) in [5.74, 6) is 0. The lowest BCUT2D eigenvalue weighted by molar-refractivity contribution is 0.542. The average molecular weight is 184 g/mol. The molecular formula is C8H10NO2S-. The zero-order valence-corrected chi connectivity index (χ0v) is 7.77. The third kappa shape index (κ3) is 2.06. The van der Waals surface area contributed by atoms with Crippen molar-refractivity contribution in [2.45, 2.75) is 13.8 Å². The van der Waals surface area contributed by atoms with Crippen LogP contribution < -0.4 is 4.72 Å². The number of para-hydroxylation sites is 1. The van der Waals surface area contributed by atoms with E-state index in [9.17, 15) is 8.76 Å². The van der Waals surface area contributed by atoms with E-state index in [-0.39, 0.29) is 0 Å². The topological polar surface area (TPSA) is 52.2 Å². The van der Waals surface area contributed by atoms with Crippen LogP contribution in [0.4, 0.5) is 5.69 Å². The van der Waals surface area contributed by atoms with Gasteiger partial charge in [-0.15, -0.1) is 0 Å². The van der Waals surface area contributed by atoms with E-state index in [1.54, 1.807) is 0 Å². The summed E-state index contributed by atoms with van der Waals surface area (Å²) in [6.45, 7) is 3.73. The fourth-order valence-corrected chi connectivity index (χ4v) is 1.55. The van der Waals surface area contributed by atoms with E-state index in [1.165, 1.54) is 0 Å². The monoisotopic (exact) mass is 184 g/mol. The highest BCUT2D eigenvalue weighted by atomic mass is 32.2. The van der Waals surface area contributed by atoms with Crippen molar-refractivity contribution in [2.24, 2.45) is 0 Å². The number of rotatable bonds is 2. The van der Waals surface area contributed by atoms with Crippen molar-refractivity contribution in [3.8, 4) is 0 Å². The number of hydrogen-bond donors (Lipinski definition) is 1. The molecular weight excluding hydrogens is 174 g/mol. The molecule has 0 aliphatic carbocycles. The van der Waals surface area contributed by atoms with E-state index in [2.05, 4.69) is 4.72 Å². The normalized spacial score (nSPS) is 12.6. The van der Waals surface area contributed by atoms with Crippen LogP contribution in [0.3, 0.4) is 0 Å². The molecule has 0 bridgehead atoms. The van der Waals surface area contributed by atoms with Gasteiger partial charge in [0.05, 0.1) is 5.69 Å². The Morgan fingerprint density at radius 3 is 2.25 bits per heavy atom. The Kier molecular flexibility index (Phi) is 2.83. The van der Waals surface area contributed by atoms with Gasteiger partial charge < -0.3 is 9.27 Å². The van der Waals surface area contributed by atoms with Crippen LogP contribution in [0, 0.1) is 13.8 Å². The van der Waals surface area contributed by atoms with E-state index < -0.39 is 11.3 Å². The Balaban J connectivity index is 3.04. The summed E-state index contributed by atoms with van der Waals surface area (Å²) >= 11 is -2.24. The molecule has 1 rings (SSSR count). The van der Waals surface area contributed by atoms with Crippen LogP contribution in [0.25, 0.3) is 0 Å². The van der Waals surface area contributed by atoms with E-state index >= 15 is 0 Å². The molecule has 1 unspecified atom stereocenters. The van der Waals surface area contributed by atoms with Gasteiger partial charge in [-0.25, -0.2) is 0 Å². The Morgan fingerprint density at radius 1 is 1.33 bits per heavy atom. The zero-order valence-electron chi connectivity index (χ0n) is 6.96. The summed E-state index contributed by atoms with van der Waals surface area (Å²) in [6.07, 6.45) is 0. The Morgan fingerprint density at radius 2 is 1.83 bits per heavy atom. The molecule has 0 saturated carbocycles. The lowest BCUT2D eigenvalue weighted by atomic mass is 10.1. The molecule has 0 aromatic heterocycles. The van der Waals surface area contributed by atoms with Gasteiger partial charge in [0, 0.05) is 11.3 Å². The predicted molar refractivity (Wildman–Crippen MR) is 48.5 cm³/mol. The van der Waals surface area contributed by atoms with Gasteiger partial charge in [0.2, 0.25) is 0 Å².